The Morgan fingerprint density at radius 2 is 1.91 bits per heavy atom. The minimum atomic E-state index is -1.59. The Morgan fingerprint density at radius 3 is 2.48 bits per heavy atom. The molecule has 0 saturated carbocycles. The molecule has 0 saturated heterocycles. The highest BCUT2D eigenvalue weighted by Gasteiger charge is 2.26. The second-order valence-corrected chi connectivity index (χ2v) is 5.18. The number of hydrogen-bond donors (Lipinski definition) is 3. The van der Waals surface area contributed by atoms with Crippen LogP contribution in [0.5, 0.6) is 0 Å². The lowest BCUT2D eigenvalue weighted by Crippen LogP contribution is -2.52. The first-order chi connectivity index (χ1) is 10.8. The predicted molar refractivity (Wildman–Crippen MR) is 83.0 cm³/mol. The standard InChI is InChI=1S/C14H14ClN5O3/c1-7-10(14(23)19-11(12(16)21)13(17)22)6-18-20(7)9-4-2-3-8(15)5-9/h2-6,11H,1H3,(H2,16,21)(H2,17,22)(H,19,23). The van der Waals surface area contributed by atoms with Crippen molar-refractivity contribution in [1.29, 1.82) is 0 Å². The first-order valence-electron chi connectivity index (χ1n) is 6.51. The molecule has 2 rings (SSSR count). The highest BCUT2D eigenvalue weighted by molar-refractivity contribution is 6.30. The summed E-state index contributed by atoms with van der Waals surface area (Å²) in [7, 11) is 0. The highest BCUT2D eigenvalue weighted by Crippen LogP contribution is 2.18. The van der Waals surface area contributed by atoms with E-state index in [0.29, 0.717) is 16.4 Å². The smallest absolute Gasteiger partial charge is 0.255 e. The van der Waals surface area contributed by atoms with Crippen molar-refractivity contribution in [2.24, 2.45) is 11.5 Å². The van der Waals surface area contributed by atoms with Crippen molar-refractivity contribution in [3.8, 4) is 5.69 Å². The van der Waals surface area contributed by atoms with Crippen LogP contribution in [-0.2, 0) is 9.59 Å². The van der Waals surface area contributed by atoms with Crippen molar-refractivity contribution >= 4 is 29.3 Å². The zero-order valence-electron chi connectivity index (χ0n) is 12.1. The molecule has 9 heteroatoms. The normalized spacial score (nSPS) is 10.6. The average molecular weight is 336 g/mol. The third kappa shape index (κ3) is 3.49. The Balaban J connectivity index is 2.30. The minimum Gasteiger partial charge on any atom is -0.367 e. The molecule has 0 bridgehead atoms. The van der Waals surface area contributed by atoms with Crippen LogP contribution in [0.1, 0.15) is 16.1 Å². The van der Waals surface area contributed by atoms with Crippen LogP contribution in [0.2, 0.25) is 5.02 Å². The van der Waals surface area contributed by atoms with Gasteiger partial charge in [-0.1, -0.05) is 17.7 Å². The topological polar surface area (TPSA) is 133 Å². The molecule has 1 aromatic heterocycles. The fraction of sp³-hybridized carbons (Fsp3) is 0.143. The number of aromatic nitrogens is 2. The van der Waals surface area contributed by atoms with Gasteiger partial charge < -0.3 is 16.8 Å². The minimum absolute atomic E-state index is 0.178. The lowest BCUT2D eigenvalue weighted by atomic mass is 10.2. The van der Waals surface area contributed by atoms with Crippen molar-refractivity contribution < 1.29 is 14.4 Å². The molecule has 0 aliphatic rings. The SMILES string of the molecule is Cc1c(C(=O)NC(C(N)=O)C(N)=O)cnn1-c1cccc(Cl)c1. The van der Waals surface area contributed by atoms with Gasteiger partial charge in [-0.2, -0.15) is 5.10 Å². The number of primary amides is 2. The van der Waals surface area contributed by atoms with Gasteiger partial charge in [0, 0.05) is 5.02 Å². The molecule has 2 aromatic rings. The fourth-order valence-electron chi connectivity index (χ4n) is 1.99. The quantitative estimate of drug-likeness (QED) is 0.658. The number of nitrogens with zero attached hydrogens (tertiary/aromatic N) is 2. The number of carbonyl (C=O) groups is 3. The molecule has 1 heterocycles. The van der Waals surface area contributed by atoms with Gasteiger partial charge in [0.2, 0.25) is 11.8 Å². The van der Waals surface area contributed by atoms with Crippen LogP contribution in [0.4, 0.5) is 0 Å². The van der Waals surface area contributed by atoms with Gasteiger partial charge in [0.15, 0.2) is 6.04 Å². The van der Waals surface area contributed by atoms with Crippen LogP contribution in [0.25, 0.3) is 5.69 Å². The second kappa shape index (κ2) is 6.49. The molecule has 5 N–H and O–H groups in total. The van der Waals surface area contributed by atoms with E-state index in [0.717, 1.165) is 0 Å². The van der Waals surface area contributed by atoms with Crippen molar-refractivity contribution in [3.63, 3.8) is 0 Å². The fourth-order valence-corrected chi connectivity index (χ4v) is 2.18. The summed E-state index contributed by atoms with van der Waals surface area (Å²) in [5.74, 6) is -2.75. The molecular formula is C14H14ClN5O3. The van der Waals surface area contributed by atoms with Crippen molar-refractivity contribution in [3.05, 3.63) is 46.7 Å². The van der Waals surface area contributed by atoms with Crippen molar-refractivity contribution in [1.82, 2.24) is 15.1 Å². The molecule has 0 unspecified atom stereocenters. The first-order valence-corrected chi connectivity index (χ1v) is 6.89. The Morgan fingerprint density at radius 1 is 1.26 bits per heavy atom. The lowest BCUT2D eigenvalue weighted by Gasteiger charge is -2.11. The summed E-state index contributed by atoms with van der Waals surface area (Å²) < 4.78 is 1.50. The maximum absolute atomic E-state index is 12.2. The second-order valence-electron chi connectivity index (χ2n) is 4.75. The van der Waals surface area contributed by atoms with Crippen LogP contribution in [-0.4, -0.2) is 33.5 Å². The van der Waals surface area contributed by atoms with Gasteiger partial charge in [0.05, 0.1) is 23.1 Å². The summed E-state index contributed by atoms with van der Waals surface area (Å²) in [6, 6.07) is 5.31. The van der Waals surface area contributed by atoms with Gasteiger partial charge in [0.25, 0.3) is 5.91 Å². The van der Waals surface area contributed by atoms with Crippen LogP contribution in [0.3, 0.4) is 0 Å². The molecule has 3 amide bonds. The van der Waals surface area contributed by atoms with Gasteiger partial charge in [-0.3, -0.25) is 14.4 Å². The number of amides is 3. The molecule has 1 aromatic carbocycles. The predicted octanol–water partition coefficient (Wildman–Crippen LogP) is -0.0969. The van der Waals surface area contributed by atoms with E-state index in [1.165, 1.54) is 10.9 Å². The van der Waals surface area contributed by atoms with E-state index in [4.69, 9.17) is 23.1 Å². The van der Waals surface area contributed by atoms with Gasteiger partial charge in [0.1, 0.15) is 0 Å². The molecular weight excluding hydrogens is 322 g/mol. The molecule has 23 heavy (non-hydrogen) atoms. The summed E-state index contributed by atoms with van der Waals surface area (Å²) in [5, 5.41) is 6.81. The molecule has 0 atom stereocenters. The van der Waals surface area contributed by atoms with E-state index in [9.17, 15) is 14.4 Å². The van der Waals surface area contributed by atoms with E-state index in [2.05, 4.69) is 10.4 Å². The lowest BCUT2D eigenvalue weighted by molar-refractivity contribution is -0.128. The third-order valence-electron chi connectivity index (χ3n) is 3.15. The Kier molecular flexibility index (Phi) is 4.65. The summed E-state index contributed by atoms with van der Waals surface area (Å²) >= 11 is 5.93. The zero-order chi connectivity index (χ0) is 17.1. The van der Waals surface area contributed by atoms with Crippen molar-refractivity contribution in [2.75, 3.05) is 0 Å². The molecule has 0 aliphatic heterocycles. The Hall–Kier alpha value is -2.87. The molecule has 120 valence electrons. The number of carbonyl (C=O) groups excluding carboxylic acids is 3. The van der Waals surface area contributed by atoms with Crippen LogP contribution >= 0.6 is 11.6 Å². The average Bonchev–Trinajstić information content (AvgIpc) is 2.85. The van der Waals surface area contributed by atoms with Crippen LogP contribution in [0, 0.1) is 6.92 Å². The number of benzene rings is 1. The Labute approximate surface area is 136 Å². The highest BCUT2D eigenvalue weighted by atomic mass is 35.5. The van der Waals surface area contributed by atoms with E-state index in [1.807, 2.05) is 0 Å². The molecule has 8 nitrogen and oxygen atoms in total. The van der Waals surface area contributed by atoms with E-state index < -0.39 is 23.8 Å². The zero-order valence-corrected chi connectivity index (χ0v) is 12.9. The number of rotatable bonds is 5. The Bertz CT molecular complexity index is 772. The molecule has 0 fully saturated rings. The van der Waals surface area contributed by atoms with Crippen LogP contribution < -0.4 is 16.8 Å². The van der Waals surface area contributed by atoms with Gasteiger partial charge in [-0.15, -0.1) is 0 Å². The molecule has 0 spiro atoms. The monoisotopic (exact) mass is 335 g/mol. The van der Waals surface area contributed by atoms with E-state index >= 15 is 0 Å². The number of hydrogen-bond acceptors (Lipinski definition) is 4. The van der Waals surface area contributed by atoms with E-state index in [1.54, 1.807) is 31.2 Å². The number of nitrogens with two attached hydrogens (primary N) is 2. The number of nitrogens with one attached hydrogen (secondary N) is 1. The van der Waals surface area contributed by atoms with Crippen molar-refractivity contribution in [2.45, 2.75) is 13.0 Å². The molecule has 0 aliphatic carbocycles. The van der Waals surface area contributed by atoms with E-state index in [-0.39, 0.29) is 5.56 Å². The summed E-state index contributed by atoms with van der Waals surface area (Å²) in [4.78, 5) is 34.4. The maximum atomic E-state index is 12.2. The largest absolute Gasteiger partial charge is 0.367 e. The maximum Gasteiger partial charge on any atom is 0.255 e. The summed E-state index contributed by atoms with van der Waals surface area (Å²) in [6.07, 6.45) is 1.31. The van der Waals surface area contributed by atoms with Crippen LogP contribution in [0.15, 0.2) is 30.5 Å². The van der Waals surface area contributed by atoms with Gasteiger partial charge in [-0.05, 0) is 25.1 Å². The number of halogens is 1. The summed E-state index contributed by atoms with van der Waals surface area (Å²) in [5.41, 5.74) is 11.4. The van der Waals surface area contributed by atoms with Gasteiger partial charge >= 0.3 is 0 Å². The first kappa shape index (κ1) is 16.5. The third-order valence-corrected chi connectivity index (χ3v) is 3.39. The molecule has 0 radical (unpaired) electrons. The van der Waals surface area contributed by atoms with Gasteiger partial charge in [-0.25, -0.2) is 4.68 Å². The summed E-state index contributed by atoms with van der Waals surface area (Å²) in [6.45, 7) is 1.66.